The van der Waals surface area contributed by atoms with Crippen LogP contribution in [0.3, 0.4) is 0 Å². The van der Waals surface area contributed by atoms with Gasteiger partial charge in [-0.1, -0.05) is 11.8 Å². The van der Waals surface area contributed by atoms with Gasteiger partial charge in [-0.2, -0.15) is 0 Å². The lowest BCUT2D eigenvalue weighted by Gasteiger charge is -2.22. The van der Waals surface area contributed by atoms with Crippen LogP contribution in [0.4, 0.5) is 0 Å². The monoisotopic (exact) mass is 276 g/mol. The van der Waals surface area contributed by atoms with E-state index in [0.29, 0.717) is 0 Å². The Morgan fingerprint density at radius 2 is 1.90 bits per heavy atom. The van der Waals surface area contributed by atoms with Gasteiger partial charge in [0.15, 0.2) is 5.62 Å². The van der Waals surface area contributed by atoms with Gasteiger partial charge in [-0.25, -0.2) is 0 Å². The van der Waals surface area contributed by atoms with Crippen molar-refractivity contribution in [2.45, 2.75) is 0 Å². The van der Waals surface area contributed by atoms with Gasteiger partial charge in [0.2, 0.25) is 0 Å². The Balaban J connectivity index is 0. The lowest BCUT2D eigenvalue weighted by molar-refractivity contribution is -0.867. The minimum Gasteiger partial charge on any atom is -1.00 e. The Morgan fingerprint density at radius 3 is 2.20 bits per heavy atom. The van der Waals surface area contributed by atoms with E-state index < -0.39 is 0 Å². The molecule has 0 aromatic heterocycles. The molecule has 0 fully saturated rings. The van der Waals surface area contributed by atoms with Crippen LogP contribution in [-0.2, 0) is 4.79 Å². The molecule has 0 amide bonds. The second kappa shape index (κ2) is 6.42. The lowest BCUT2D eigenvalue weighted by Crippen LogP contribution is -3.00. The number of halogens is 1. The van der Waals surface area contributed by atoms with Crippen LogP contribution in [0.1, 0.15) is 0 Å². The highest BCUT2D eigenvalue weighted by Crippen LogP contribution is 1.97. The van der Waals surface area contributed by atoms with Crippen molar-refractivity contribution in [3.8, 4) is 0 Å². The normalized spacial score (nSPS) is 10.3. The van der Waals surface area contributed by atoms with Crippen molar-refractivity contribution in [3.63, 3.8) is 0 Å². The molecule has 0 N–H and O–H groups in total. The highest BCUT2D eigenvalue weighted by Gasteiger charge is 2.04. The van der Waals surface area contributed by atoms with Crippen LogP contribution >= 0.6 is 11.8 Å². The quantitative estimate of drug-likeness (QED) is 0.188. The predicted octanol–water partition coefficient (Wildman–Crippen LogP) is -2.38. The second-order valence-corrected chi connectivity index (χ2v) is 3.91. The molecule has 0 saturated heterocycles. The van der Waals surface area contributed by atoms with E-state index in [9.17, 15) is 4.79 Å². The first-order valence-electron chi connectivity index (χ1n) is 2.92. The molecule has 4 heteroatoms. The molecule has 0 aromatic carbocycles. The summed E-state index contributed by atoms with van der Waals surface area (Å²) in [5.41, 5.74) is 0.898. The highest BCUT2D eigenvalue weighted by atomic mass is 127. The first-order valence-corrected chi connectivity index (χ1v) is 3.97. The number of quaternary nitrogens is 1. The van der Waals surface area contributed by atoms with Crippen LogP contribution < -0.4 is 24.0 Å². The maximum Gasteiger partial charge on any atom is 0.176 e. The summed E-state index contributed by atoms with van der Waals surface area (Å²) < 4.78 is 0.931. The molecular weight excluding hydrogens is 262 g/mol. The van der Waals surface area contributed by atoms with Crippen molar-refractivity contribution in [2.24, 2.45) is 0 Å². The SMILES string of the molecule is C[N+](C)(C)CCS[13CH]=O.[I-]. The molecule has 10 heavy (non-hydrogen) atoms. The molecule has 2 nitrogen and oxygen atoms in total. The molecule has 0 bridgehead atoms. The van der Waals surface area contributed by atoms with Gasteiger partial charge < -0.3 is 28.5 Å². The van der Waals surface area contributed by atoms with Crippen LogP contribution in [0.25, 0.3) is 0 Å². The Hall–Kier alpha value is 0.710. The van der Waals surface area contributed by atoms with E-state index in [1.807, 2.05) is 0 Å². The Labute approximate surface area is 84.0 Å². The summed E-state index contributed by atoms with van der Waals surface area (Å²) in [4.78, 5) is 9.85. The maximum absolute atomic E-state index is 9.85. The zero-order valence-electron chi connectivity index (χ0n) is 6.63. The molecule has 0 aliphatic rings. The number of hydrogen-bond donors (Lipinski definition) is 0. The zero-order valence-corrected chi connectivity index (χ0v) is 9.61. The zero-order chi connectivity index (χ0) is 7.33. The van der Waals surface area contributed by atoms with E-state index in [0.717, 1.165) is 22.4 Å². The van der Waals surface area contributed by atoms with E-state index in [2.05, 4.69) is 21.1 Å². The van der Waals surface area contributed by atoms with Gasteiger partial charge in [0, 0.05) is 5.75 Å². The molecule has 0 unspecified atom stereocenters. The van der Waals surface area contributed by atoms with Crippen molar-refractivity contribution in [3.05, 3.63) is 0 Å². The van der Waals surface area contributed by atoms with E-state index in [4.69, 9.17) is 0 Å². The molecule has 0 saturated carbocycles. The van der Waals surface area contributed by atoms with E-state index in [-0.39, 0.29) is 24.0 Å². The van der Waals surface area contributed by atoms with Crippen LogP contribution in [0.15, 0.2) is 0 Å². The summed E-state index contributed by atoms with van der Waals surface area (Å²) in [6.07, 6.45) is 0. The fourth-order valence-electron chi connectivity index (χ4n) is 0.375. The van der Waals surface area contributed by atoms with Gasteiger partial charge >= 0.3 is 0 Å². The Bertz CT molecular complexity index is 92.2. The minimum absolute atomic E-state index is 0. The Morgan fingerprint density at radius 1 is 1.40 bits per heavy atom. The maximum atomic E-state index is 9.85. The van der Waals surface area contributed by atoms with Crippen LogP contribution in [-0.4, -0.2) is 43.5 Å². The van der Waals surface area contributed by atoms with Crippen molar-refractivity contribution in [2.75, 3.05) is 33.4 Å². The smallest absolute Gasteiger partial charge is 0.176 e. The third-order valence-corrected chi connectivity index (χ3v) is 1.50. The predicted molar refractivity (Wildman–Crippen MR) is 42.1 cm³/mol. The van der Waals surface area contributed by atoms with E-state index in [1.165, 1.54) is 11.8 Å². The molecule has 0 aromatic rings. The summed E-state index contributed by atoms with van der Waals surface area (Å²) in [5, 5.41) is 0. The first-order chi connectivity index (χ1) is 4.06. The number of rotatable bonds is 4. The highest BCUT2D eigenvalue weighted by molar-refractivity contribution is 8.11. The average molecular weight is 276 g/mol. The summed E-state index contributed by atoms with van der Waals surface area (Å²) in [5.74, 6) is 0.924. The van der Waals surface area contributed by atoms with Crippen LogP contribution in [0.5, 0.6) is 0 Å². The van der Waals surface area contributed by atoms with Crippen molar-refractivity contribution >= 4 is 17.4 Å². The molecule has 0 aliphatic heterocycles. The summed E-state index contributed by atoms with van der Waals surface area (Å²) >= 11 is 1.34. The third-order valence-electron chi connectivity index (χ3n) is 0.948. The average Bonchev–Trinajstić information content (AvgIpc) is 1.63. The number of carbonyl (C=O) groups is 1. The largest absolute Gasteiger partial charge is 1.00 e. The fourth-order valence-corrected chi connectivity index (χ4v) is 1.12. The molecule has 0 spiro atoms. The third kappa shape index (κ3) is 11.5. The molecular formula is C6H14INOS. The van der Waals surface area contributed by atoms with Gasteiger partial charge in [0.25, 0.3) is 0 Å². The summed E-state index contributed by atoms with van der Waals surface area (Å²) in [7, 11) is 6.35. The number of hydrogen-bond acceptors (Lipinski definition) is 2. The first kappa shape index (κ1) is 13.3. The molecule has 0 aliphatic carbocycles. The van der Waals surface area contributed by atoms with Gasteiger partial charge in [0.05, 0.1) is 27.7 Å². The van der Waals surface area contributed by atoms with Gasteiger partial charge in [0.1, 0.15) is 0 Å². The van der Waals surface area contributed by atoms with Crippen molar-refractivity contribution in [1.82, 2.24) is 0 Å². The van der Waals surface area contributed by atoms with Gasteiger partial charge in [-0.05, 0) is 0 Å². The number of nitrogens with zero attached hydrogens (tertiary/aromatic N) is 1. The van der Waals surface area contributed by atoms with Gasteiger partial charge in [-0.3, -0.25) is 4.79 Å². The minimum atomic E-state index is 0. The molecule has 62 valence electrons. The van der Waals surface area contributed by atoms with Crippen molar-refractivity contribution < 1.29 is 33.3 Å². The Kier molecular flexibility index (Phi) is 8.55. The molecule has 0 radical (unpaired) electrons. The van der Waals surface area contributed by atoms with E-state index in [1.54, 1.807) is 0 Å². The van der Waals surface area contributed by atoms with E-state index >= 15 is 0 Å². The van der Waals surface area contributed by atoms with Gasteiger partial charge in [-0.15, -0.1) is 0 Å². The fraction of sp³-hybridized carbons (Fsp3) is 0.833. The summed E-state index contributed by atoms with van der Waals surface area (Å²) in [6.45, 7) is 1.05. The standard InChI is InChI=1S/C6H14NOS.HI/c1-7(2,3)4-5-9-6-8;/h6H,4-5H2,1-3H3;1H/q+1;/p-1/i6+1;. The second-order valence-electron chi connectivity index (χ2n) is 2.98. The molecule has 0 heterocycles. The van der Waals surface area contributed by atoms with Crippen molar-refractivity contribution in [1.29, 1.82) is 0 Å². The van der Waals surface area contributed by atoms with Crippen LogP contribution in [0.2, 0.25) is 0 Å². The topological polar surface area (TPSA) is 17.1 Å². The number of carbonyl (C=O) groups excluding carboxylic acids is 1. The molecule has 0 atom stereocenters. The lowest BCUT2D eigenvalue weighted by atomic mass is 10.6. The summed E-state index contributed by atoms with van der Waals surface area (Å²) in [6, 6.07) is 0. The molecule has 0 rings (SSSR count). The van der Waals surface area contributed by atoms with Crippen LogP contribution in [0, 0.1) is 0 Å². The number of thioether (sulfide) groups is 1.